The van der Waals surface area contributed by atoms with Crippen molar-refractivity contribution in [3.63, 3.8) is 0 Å². The van der Waals surface area contributed by atoms with Gasteiger partial charge in [-0.15, -0.1) is 0 Å². The number of primary sulfonamides is 1. The monoisotopic (exact) mass is 452 g/mol. The van der Waals surface area contributed by atoms with Crippen molar-refractivity contribution in [3.8, 4) is 11.3 Å². The highest BCUT2D eigenvalue weighted by atomic mass is 32.2. The van der Waals surface area contributed by atoms with Crippen molar-refractivity contribution in [1.82, 2.24) is 14.9 Å². The normalized spacial score (nSPS) is 14.3. The number of carbonyl (C=O) groups is 1. The van der Waals surface area contributed by atoms with Crippen LogP contribution in [-0.2, 0) is 14.8 Å². The number of aromatic nitrogens is 2. The summed E-state index contributed by atoms with van der Waals surface area (Å²) in [6.07, 6.45) is 3.94. The number of benzene rings is 2. The van der Waals surface area contributed by atoms with Gasteiger partial charge in [-0.3, -0.25) is 9.69 Å². The number of anilines is 3. The van der Waals surface area contributed by atoms with Crippen LogP contribution in [0.2, 0.25) is 0 Å². The molecule has 9 nitrogen and oxygen atoms in total. The van der Waals surface area contributed by atoms with Crippen LogP contribution in [-0.4, -0.2) is 48.8 Å². The van der Waals surface area contributed by atoms with E-state index in [0.717, 1.165) is 37.2 Å². The first-order valence-corrected chi connectivity index (χ1v) is 11.8. The van der Waals surface area contributed by atoms with Gasteiger partial charge in [-0.05, 0) is 68.4 Å². The molecule has 0 unspecified atom stereocenters. The summed E-state index contributed by atoms with van der Waals surface area (Å²) in [5, 5.41) is 11.1. The van der Waals surface area contributed by atoms with Gasteiger partial charge in [-0.2, -0.15) is 0 Å². The van der Waals surface area contributed by atoms with Gasteiger partial charge < -0.3 is 10.6 Å². The lowest BCUT2D eigenvalue weighted by atomic mass is 10.1. The first kappa shape index (κ1) is 21.9. The molecular formula is C22H24N6O3S. The van der Waals surface area contributed by atoms with E-state index in [-0.39, 0.29) is 10.8 Å². The molecule has 0 radical (unpaired) electrons. The number of sulfonamides is 1. The average Bonchev–Trinajstić information content (AvgIpc) is 3.27. The molecule has 0 atom stereocenters. The molecule has 0 saturated carbocycles. The number of likely N-dealkylation sites (tertiary alicyclic amines) is 1. The minimum atomic E-state index is -3.74. The SMILES string of the molecule is NS(=O)(=O)c1ccc(Nc2nccc(-c3ccc(NC(=O)CN4CCCC4)cc3)n2)cc1. The lowest BCUT2D eigenvalue weighted by Gasteiger charge is -2.14. The Morgan fingerprint density at radius 3 is 2.28 bits per heavy atom. The Morgan fingerprint density at radius 1 is 0.969 bits per heavy atom. The van der Waals surface area contributed by atoms with Crippen molar-refractivity contribution in [1.29, 1.82) is 0 Å². The molecule has 2 heterocycles. The standard InChI is InChI=1S/C22H24N6O3S/c23-32(30,31)19-9-7-18(8-10-19)26-22-24-12-11-20(27-22)16-3-5-17(6-4-16)25-21(29)15-28-13-1-2-14-28/h3-12H,1-2,13-15H2,(H,25,29)(H2,23,30,31)(H,24,26,27). The largest absolute Gasteiger partial charge is 0.325 e. The summed E-state index contributed by atoms with van der Waals surface area (Å²) in [5.41, 5.74) is 2.95. The molecule has 4 N–H and O–H groups in total. The van der Waals surface area contributed by atoms with Gasteiger partial charge in [0.25, 0.3) is 0 Å². The van der Waals surface area contributed by atoms with Crippen LogP contribution in [0.5, 0.6) is 0 Å². The topological polar surface area (TPSA) is 130 Å². The summed E-state index contributed by atoms with van der Waals surface area (Å²) in [6, 6.07) is 15.3. The molecule has 1 aliphatic rings. The maximum Gasteiger partial charge on any atom is 0.238 e. The molecule has 1 amide bonds. The molecule has 2 aromatic carbocycles. The number of carbonyl (C=O) groups excluding carboxylic acids is 1. The highest BCUT2D eigenvalue weighted by molar-refractivity contribution is 7.89. The third kappa shape index (κ3) is 5.67. The number of hydrogen-bond acceptors (Lipinski definition) is 7. The second-order valence-electron chi connectivity index (χ2n) is 7.57. The fourth-order valence-electron chi connectivity index (χ4n) is 3.51. The molecule has 10 heteroatoms. The van der Waals surface area contributed by atoms with Crippen LogP contribution in [0.1, 0.15) is 12.8 Å². The van der Waals surface area contributed by atoms with Crippen molar-refractivity contribution in [3.05, 3.63) is 60.8 Å². The van der Waals surface area contributed by atoms with Crippen LogP contribution >= 0.6 is 0 Å². The van der Waals surface area contributed by atoms with Gasteiger partial charge >= 0.3 is 0 Å². The van der Waals surface area contributed by atoms with Gasteiger partial charge in [0.05, 0.1) is 17.1 Å². The van der Waals surface area contributed by atoms with Crippen molar-refractivity contribution < 1.29 is 13.2 Å². The number of nitrogens with zero attached hydrogens (tertiary/aromatic N) is 3. The summed E-state index contributed by atoms with van der Waals surface area (Å²) in [5.74, 6) is 0.357. The quantitative estimate of drug-likeness (QED) is 0.502. The minimum Gasteiger partial charge on any atom is -0.325 e. The van der Waals surface area contributed by atoms with Gasteiger partial charge in [0.1, 0.15) is 0 Å². The molecule has 4 rings (SSSR count). The van der Waals surface area contributed by atoms with E-state index in [1.807, 2.05) is 24.3 Å². The number of nitrogens with one attached hydrogen (secondary N) is 2. The molecule has 166 valence electrons. The van der Waals surface area contributed by atoms with Crippen LogP contribution < -0.4 is 15.8 Å². The van der Waals surface area contributed by atoms with Crippen LogP contribution in [0.25, 0.3) is 11.3 Å². The van der Waals surface area contributed by atoms with E-state index < -0.39 is 10.0 Å². The Bertz CT molecular complexity index is 1190. The highest BCUT2D eigenvalue weighted by Crippen LogP contribution is 2.22. The van der Waals surface area contributed by atoms with Crippen molar-refractivity contribution in [2.24, 2.45) is 5.14 Å². The van der Waals surface area contributed by atoms with Crippen LogP contribution in [0.4, 0.5) is 17.3 Å². The van der Waals surface area contributed by atoms with Gasteiger partial charge in [0.2, 0.25) is 21.9 Å². The predicted molar refractivity (Wildman–Crippen MR) is 123 cm³/mol. The Kier molecular flexibility index (Phi) is 6.45. The molecule has 0 spiro atoms. The van der Waals surface area contributed by atoms with Crippen molar-refractivity contribution >= 4 is 33.3 Å². The number of hydrogen-bond donors (Lipinski definition) is 3. The zero-order valence-electron chi connectivity index (χ0n) is 17.4. The smallest absolute Gasteiger partial charge is 0.238 e. The minimum absolute atomic E-state index is 0.0124. The first-order valence-electron chi connectivity index (χ1n) is 10.2. The van der Waals surface area contributed by atoms with Gasteiger partial charge in [-0.1, -0.05) is 12.1 Å². The third-order valence-electron chi connectivity index (χ3n) is 5.12. The lowest BCUT2D eigenvalue weighted by Crippen LogP contribution is -2.30. The third-order valence-corrected chi connectivity index (χ3v) is 6.05. The van der Waals surface area contributed by atoms with Crippen LogP contribution in [0.15, 0.2) is 65.7 Å². The second kappa shape index (κ2) is 9.43. The summed E-state index contributed by atoms with van der Waals surface area (Å²) < 4.78 is 22.7. The molecule has 0 bridgehead atoms. The Morgan fingerprint density at radius 2 is 1.62 bits per heavy atom. The number of rotatable bonds is 7. The maximum absolute atomic E-state index is 12.2. The van der Waals surface area contributed by atoms with E-state index in [9.17, 15) is 13.2 Å². The van der Waals surface area contributed by atoms with Gasteiger partial charge in [0, 0.05) is 23.1 Å². The van der Waals surface area contributed by atoms with Crippen LogP contribution in [0, 0.1) is 0 Å². The molecule has 0 aliphatic carbocycles. The van der Waals surface area contributed by atoms with E-state index >= 15 is 0 Å². The Hall–Kier alpha value is -3.34. The zero-order chi connectivity index (χ0) is 22.6. The zero-order valence-corrected chi connectivity index (χ0v) is 18.2. The first-order chi connectivity index (χ1) is 15.4. The summed E-state index contributed by atoms with van der Waals surface area (Å²) in [7, 11) is -3.74. The van der Waals surface area contributed by atoms with E-state index in [1.165, 1.54) is 12.1 Å². The molecule has 1 saturated heterocycles. The van der Waals surface area contributed by atoms with Gasteiger partial charge in [-0.25, -0.2) is 23.5 Å². The van der Waals surface area contributed by atoms with E-state index in [2.05, 4.69) is 25.5 Å². The van der Waals surface area contributed by atoms with Crippen molar-refractivity contribution in [2.75, 3.05) is 30.3 Å². The highest BCUT2D eigenvalue weighted by Gasteiger charge is 2.15. The van der Waals surface area contributed by atoms with E-state index in [0.29, 0.717) is 23.9 Å². The molecule has 1 fully saturated rings. The second-order valence-corrected chi connectivity index (χ2v) is 9.13. The fourth-order valence-corrected chi connectivity index (χ4v) is 4.02. The average molecular weight is 453 g/mol. The lowest BCUT2D eigenvalue weighted by molar-refractivity contribution is -0.117. The Balaban J connectivity index is 1.40. The number of nitrogens with two attached hydrogens (primary N) is 1. The molecule has 1 aromatic heterocycles. The van der Waals surface area contributed by atoms with E-state index in [1.54, 1.807) is 24.4 Å². The van der Waals surface area contributed by atoms with Gasteiger partial charge in [0.15, 0.2) is 0 Å². The predicted octanol–water partition coefficient (Wildman–Crippen LogP) is 2.57. The maximum atomic E-state index is 12.2. The summed E-state index contributed by atoms with van der Waals surface area (Å²) in [4.78, 5) is 23.1. The Labute approximate surface area is 186 Å². The fraction of sp³-hybridized carbons (Fsp3) is 0.227. The summed E-state index contributed by atoms with van der Waals surface area (Å²) in [6.45, 7) is 2.38. The molecule has 1 aliphatic heterocycles. The van der Waals surface area contributed by atoms with Crippen LogP contribution in [0.3, 0.4) is 0 Å². The van der Waals surface area contributed by atoms with E-state index in [4.69, 9.17) is 5.14 Å². The molecule has 32 heavy (non-hydrogen) atoms. The molecule has 3 aromatic rings. The van der Waals surface area contributed by atoms with Crippen molar-refractivity contribution in [2.45, 2.75) is 17.7 Å². The summed E-state index contributed by atoms with van der Waals surface area (Å²) >= 11 is 0. The molecular weight excluding hydrogens is 428 g/mol. The number of amides is 1.